The molecule has 0 unspecified atom stereocenters. The summed E-state index contributed by atoms with van der Waals surface area (Å²) in [4.78, 5) is 12.4. The zero-order valence-corrected chi connectivity index (χ0v) is 17.3. The molecule has 6 nitrogen and oxygen atoms in total. The minimum Gasteiger partial charge on any atom is -0.492 e. The second-order valence-electron chi connectivity index (χ2n) is 6.27. The van der Waals surface area contributed by atoms with Gasteiger partial charge in [-0.15, -0.1) is 0 Å². The zero-order chi connectivity index (χ0) is 20.9. The first-order valence-corrected chi connectivity index (χ1v) is 10.7. The van der Waals surface area contributed by atoms with Gasteiger partial charge in [0, 0.05) is 5.02 Å². The largest absolute Gasteiger partial charge is 0.492 e. The topological polar surface area (TPSA) is 75.7 Å². The number of anilines is 1. The highest BCUT2D eigenvalue weighted by atomic mass is 35.5. The summed E-state index contributed by atoms with van der Waals surface area (Å²) < 4.78 is 44.2. The number of ether oxygens (including phenoxy) is 1. The van der Waals surface area contributed by atoms with Crippen molar-refractivity contribution in [2.24, 2.45) is 0 Å². The number of nitrogens with one attached hydrogen (secondary N) is 1. The predicted octanol–water partition coefficient (Wildman–Crippen LogP) is 3.14. The van der Waals surface area contributed by atoms with Crippen LogP contribution >= 0.6 is 11.6 Å². The van der Waals surface area contributed by atoms with Crippen molar-refractivity contribution in [3.8, 4) is 5.75 Å². The Hall–Kier alpha value is -2.32. The van der Waals surface area contributed by atoms with Crippen molar-refractivity contribution in [1.29, 1.82) is 0 Å². The quantitative estimate of drug-likeness (QED) is 0.655. The van der Waals surface area contributed by atoms with E-state index in [1.807, 2.05) is 13.0 Å². The van der Waals surface area contributed by atoms with E-state index in [0.29, 0.717) is 10.8 Å². The van der Waals surface area contributed by atoms with Gasteiger partial charge in [0.15, 0.2) is 0 Å². The van der Waals surface area contributed by atoms with Crippen molar-refractivity contribution in [2.45, 2.75) is 19.9 Å². The number of halogens is 2. The lowest BCUT2D eigenvalue weighted by molar-refractivity contribution is -0.121. The smallest absolute Gasteiger partial charge is 0.243 e. The lowest BCUT2D eigenvalue weighted by Gasteiger charge is -2.28. The standard InChI is InChI=1S/C19H22ClFN2O4S/c1-13-7-8-17(12-18(13)20)27-10-9-22-19(24)14(2)23(28(3,25)26)16-6-4-5-15(21)11-16/h4-8,11-12,14H,9-10H2,1-3H3,(H,22,24)/t14-/m0/s1. The van der Waals surface area contributed by atoms with Crippen LogP contribution in [0.25, 0.3) is 0 Å². The van der Waals surface area contributed by atoms with Crippen LogP contribution in [0.2, 0.25) is 5.02 Å². The lowest BCUT2D eigenvalue weighted by atomic mass is 10.2. The van der Waals surface area contributed by atoms with Crippen molar-refractivity contribution in [2.75, 3.05) is 23.7 Å². The van der Waals surface area contributed by atoms with Gasteiger partial charge in [-0.05, 0) is 49.7 Å². The van der Waals surface area contributed by atoms with E-state index in [-0.39, 0.29) is 18.8 Å². The molecule has 2 rings (SSSR count). The third-order valence-electron chi connectivity index (χ3n) is 3.96. The molecule has 0 aliphatic heterocycles. The van der Waals surface area contributed by atoms with Crippen molar-refractivity contribution in [1.82, 2.24) is 5.32 Å². The SMILES string of the molecule is Cc1ccc(OCCNC(=O)[C@H](C)N(c2cccc(F)c2)S(C)(=O)=O)cc1Cl. The fraction of sp³-hybridized carbons (Fsp3) is 0.316. The van der Waals surface area contributed by atoms with Crippen LogP contribution in [0.4, 0.5) is 10.1 Å². The van der Waals surface area contributed by atoms with Crippen LogP contribution < -0.4 is 14.4 Å². The number of benzene rings is 2. The number of amides is 1. The van der Waals surface area contributed by atoms with Crippen LogP contribution in [0, 0.1) is 12.7 Å². The Kier molecular flexibility index (Phi) is 7.26. The highest BCUT2D eigenvalue weighted by molar-refractivity contribution is 7.92. The predicted molar refractivity (Wildman–Crippen MR) is 108 cm³/mol. The van der Waals surface area contributed by atoms with E-state index in [1.54, 1.807) is 12.1 Å². The molecule has 0 heterocycles. The number of carbonyl (C=O) groups excluding carboxylic acids is 1. The molecule has 2 aromatic rings. The summed E-state index contributed by atoms with van der Waals surface area (Å²) in [6.45, 7) is 3.65. The molecule has 0 aromatic heterocycles. The van der Waals surface area contributed by atoms with Crippen molar-refractivity contribution in [3.05, 3.63) is 58.9 Å². The zero-order valence-electron chi connectivity index (χ0n) is 15.8. The second kappa shape index (κ2) is 9.25. The minimum absolute atomic E-state index is 0.0793. The lowest BCUT2D eigenvalue weighted by Crippen LogP contribution is -2.48. The maximum Gasteiger partial charge on any atom is 0.243 e. The van der Waals surface area contributed by atoms with E-state index in [2.05, 4.69) is 5.32 Å². The molecule has 28 heavy (non-hydrogen) atoms. The molecule has 2 aromatic carbocycles. The Morgan fingerprint density at radius 3 is 2.61 bits per heavy atom. The van der Waals surface area contributed by atoms with Gasteiger partial charge in [-0.1, -0.05) is 23.7 Å². The molecule has 0 saturated heterocycles. The van der Waals surface area contributed by atoms with Gasteiger partial charge in [-0.3, -0.25) is 9.10 Å². The van der Waals surface area contributed by atoms with Gasteiger partial charge < -0.3 is 10.1 Å². The molecular weight excluding hydrogens is 407 g/mol. The summed E-state index contributed by atoms with van der Waals surface area (Å²) in [7, 11) is -3.80. The van der Waals surface area contributed by atoms with Crippen LogP contribution in [0.3, 0.4) is 0 Å². The molecular formula is C19H22ClFN2O4S. The summed E-state index contributed by atoms with van der Waals surface area (Å²) in [6.07, 6.45) is 0.964. The molecule has 1 amide bonds. The molecule has 1 atom stereocenters. The number of carbonyl (C=O) groups is 1. The fourth-order valence-corrected chi connectivity index (χ4v) is 3.91. The Labute approximate surface area is 169 Å². The molecule has 9 heteroatoms. The van der Waals surface area contributed by atoms with E-state index >= 15 is 0 Å². The Balaban J connectivity index is 1.98. The van der Waals surface area contributed by atoms with Crippen LogP contribution in [-0.4, -0.2) is 39.8 Å². The Bertz CT molecular complexity index is 953. The van der Waals surface area contributed by atoms with Crippen LogP contribution in [-0.2, 0) is 14.8 Å². The second-order valence-corrected chi connectivity index (χ2v) is 8.53. The van der Waals surface area contributed by atoms with E-state index in [1.165, 1.54) is 25.1 Å². The van der Waals surface area contributed by atoms with E-state index < -0.39 is 27.8 Å². The number of rotatable bonds is 8. The number of hydrogen-bond acceptors (Lipinski definition) is 4. The van der Waals surface area contributed by atoms with Crippen LogP contribution in [0.1, 0.15) is 12.5 Å². The van der Waals surface area contributed by atoms with Gasteiger partial charge in [0.05, 0.1) is 18.5 Å². The van der Waals surface area contributed by atoms with Gasteiger partial charge in [0.25, 0.3) is 0 Å². The number of hydrogen-bond donors (Lipinski definition) is 1. The van der Waals surface area contributed by atoms with Crippen molar-refractivity contribution in [3.63, 3.8) is 0 Å². The third-order valence-corrected chi connectivity index (χ3v) is 5.61. The molecule has 0 saturated carbocycles. The monoisotopic (exact) mass is 428 g/mol. The van der Waals surface area contributed by atoms with E-state index in [0.717, 1.165) is 22.2 Å². The number of aryl methyl sites for hydroxylation is 1. The van der Waals surface area contributed by atoms with Crippen LogP contribution in [0.15, 0.2) is 42.5 Å². The molecule has 0 bridgehead atoms. The van der Waals surface area contributed by atoms with Crippen molar-refractivity contribution >= 4 is 33.2 Å². The van der Waals surface area contributed by atoms with E-state index in [4.69, 9.17) is 16.3 Å². The molecule has 0 fully saturated rings. The molecule has 152 valence electrons. The van der Waals surface area contributed by atoms with Crippen molar-refractivity contribution < 1.29 is 22.3 Å². The highest BCUT2D eigenvalue weighted by Gasteiger charge is 2.29. The third kappa shape index (κ3) is 5.84. The van der Waals surface area contributed by atoms with Gasteiger partial charge in [0.2, 0.25) is 15.9 Å². The summed E-state index contributed by atoms with van der Waals surface area (Å²) in [6, 6.07) is 9.27. The average Bonchev–Trinajstić information content (AvgIpc) is 2.60. The van der Waals surface area contributed by atoms with E-state index in [9.17, 15) is 17.6 Å². The summed E-state index contributed by atoms with van der Waals surface area (Å²) in [5, 5.41) is 3.20. The summed E-state index contributed by atoms with van der Waals surface area (Å²) in [5.41, 5.74) is 1.00. The summed E-state index contributed by atoms with van der Waals surface area (Å²) >= 11 is 6.03. The van der Waals surface area contributed by atoms with Gasteiger partial charge in [-0.2, -0.15) is 0 Å². The van der Waals surface area contributed by atoms with Crippen LogP contribution in [0.5, 0.6) is 5.75 Å². The minimum atomic E-state index is -3.80. The maximum atomic E-state index is 13.5. The van der Waals surface area contributed by atoms with Gasteiger partial charge in [-0.25, -0.2) is 12.8 Å². The maximum absolute atomic E-state index is 13.5. The highest BCUT2D eigenvalue weighted by Crippen LogP contribution is 2.22. The molecule has 0 radical (unpaired) electrons. The van der Waals surface area contributed by atoms with Gasteiger partial charge in [0.1, 0.15) is 24.2 Å². The molecule has 0 aliphatic rings. The Morgan fingerprint density at radius 2 is 2.00 bits per heavy atom. The molecule has 0 spiro atoms. The normalized spacial score (nSPS) is 12.3. The molecule has 1 N–H and O–H groups in total. The first kappa shape index (κ1) is 22.0. The average molecular weight is 429 g/mol. The molecule has 0 aliphatic carbocycles. The number of nitrogens with zero attached hydrogens (tertiary/aromatic N) is 1. The summed E-state index contributed by atoms with van der Waals surface area (Å²) in [5.74, 6) is -0.556. The number of sulfonamides is 1. The van der Waals surface area contributed by atoms with Gasteiger partial charge >= 0.3 is 0 Å². The first-order chi connectivity index (χ1) is 13.1. The first-order valence-electron chi connectivity index (χ1n) is 8.51. The fourth-order valence-electron chi connectivity index (χ4n) is 2.58. The Morgan fingerprint density at radius 1 is 1.29 bits per heavy atom.